The van der Waals surface area contributed by atoms with Crippen LogP contribution in [0.5, 0.6) is 5.75 Å². The first kappa shape index (κ1) is 25.4. The number of allylic oxidation sites excluding steroid dienone is 4. The predicted octanol–water partition coefficient (Wildman–Crippen LogP) is 5.61. The van der Waals surface area contributed by atoms with Gasteiger partial charge >= 0.3 is 0 Å². The number of hydrogen-bond acceptors (Lipinski definition) is 4. The summed E-state index contributed by atoms with van der Waals surface area (Å²) < 4.78 is 0. The third kappa shape index (κ3) is 5.65. The summed E-state index contributed by atoms with van der Waals surface area (Å²) in [7, 11) is 0. The molecule has 5 nitrogen and oxygen atoms in total. The maximum Gasteiger partial charge on any atom is 0.255 e. The Kier molecular flexibility index (Phi) is 8.46. The highest BCUT2D eigenvalue weighted by Crippen LogP contribution is 2.34. The zero-order chi connectivity index (χ0) is 24.8. The molecule has 2 aromatic rings. The normalized spacial score (nSPS) is 15.1. The van der Waals surface area contributed by atoms with Crippen molar-refractivity contribution in [3.05, 3.63) is 87.0 Å². The zero-order valence-corrected chi connectivity index (χ0v) is 20.5. The maximum absolute atomic E-state index is 13.2. The molecule has 1 amide bonds. The molecule has 0 bridgehead atoms. The first-order valence-corrected chi connectivity index (χ1v) is 11.9. The molecular weight excluding hydrogens is 450 g/mol. The Labute approximate surface area is 205 Å². The first-order valence-electron chi connectivity index (χ1n) is 11.5. The van der Waals surface area contributed by atoms with Crippen molar-refractivity contribution >= 4 is 29.1 Å². The molecule has 1 aliphatic carbocycles. The number of Topliss-reactive ketones (excluding diaryl/α,β-unsaturated/α-hetero) is 2. The van der Waals surface area contributed by atoms with Crippen molar-refractivity contribution in [3.63, 3.8) is 0 Å². The lowest BCUT2D eigenvalue weighted by atomic mass is 9.76. The molecule has 6 heteroatoms. The summed E-state index contributed by atoms with van der Waals surface area (Å²) >= 11 is 6.34. The summed E-state index contributed by atoms with van der Waals surface area (Å²) in [6, 6.07) is 14.0. The lowest BCUT2D eigenvalue weighted by molar-refractivity contribution is -0.116. The van der Waals surface area contributed by atoms with E-state index in [4.69, 9.17) is 11.6 Å². The Hall–Kier alpha value is -3.18. The minimum atomic E-state index is -0.348. The fourth-order valence-corrected chi connectivity index (χ4v) is 4.61. The number of ketones is 2. The van der Waals surface area contributed by atoms with Crippen LogP contribution in [0.1, 0.15) is 56.0 Å². The SMILES string of the molecule is CC1=C(C)C(=O)C(C(CCCNC(=O)c2ccccc2O)CCc2ccccc2Cl)=C(C)C1=O. The molecule has 1 atom stereocenters. The molecule has 0 aliphatic heterocycles. The number of carbonyl (C=O) groups excluding carboxylic acids is 3. The molecule has 2 aromatic carbocycles. The van der Waals surface area contributed by atoms with Gasteiger partial charge < -0.3 is 10.4 Å². The summed E-state index contributed by atoms with van der Waals surface area (Å²) in [4.78, 5) is 38.3. The van der Waals surface area contributed by atoms with Crippen LogP contribution in [0.15, 0.2) is 70.8 Å². The largest absolute Gasteiger partial charge is 0.507 e. The molecule has 2 N–H and O–H groups in total. The van der Waals surface area contributed by atoms with Crippen LogP contribution in [0, 0.1) is 5.92 Å². The van der Waals surface area contributed by atoms with Gasteiger partial charge in [0, 0.05) is 33.9 Å². The van der Waals surface area contributed by atoms with Crippen LogP contribution in [-0.2, 0) is 16.0 Å². The van der Waals surface area contributed by atoms with Crippen LogP contribution in [0.3, 0.4) is 0 Å². The number of phenols is 1. The maximum atomic E-state index is 13.2. The van der Waals surface area contributed by atoms with Gasteiger partial charge in [0.15, 0.2) is 11.6 Å². The molecule has 0 saturated heterocycles. The van der Waals surface area contributed by atoms with Gasteiger partial charge in [-0.25, -0.2) is 0 Å². The molecule has 1 aliphatic rings. The van der Waals surface area contributed by atoms with E-state index >= 15 is 0 Å². The Balaban J connectivity index is 1.73. The van der Waals surface area contributed by atoms with E-state index in [0.29, 0.717) is 59.5 Å². The number of benzene rings is 2. The van der Waals surface area contributed by atoms with Crippen molar-refractivity contribution < 1.29 is 19.5 Å². The second kappa shape index (κ2) is 11.3. The monoisotopic (exact) mass is 479 g/mol. The fourth-order valence-electron chi connectivity index (χ4n) is 4.38. The summed E-state index contributed by atoms with van der Waals surface area (Å²) in [6.45, 7) is 5.52. The summed E-state index contributed by atoms with van der Waals surface area (Å²) in [5.74, 6) is -0.709. The lowest BCUT2D eigenvalue weighted by Gasteiger charge is -2.26. The highest BCUT2D eigenvalue weighted by atomic mass is 35.5. The van der Waals surface area contributed by atoms with Crippen LogP contribution < -0.4 is 5.32 Å². The van der Waals surface area contributed by atoms with Gasteiger partial charge in [-0.3, -0.25) is 14.4 Å². The van der Waals surface area contributed by atoms with Gasteiger partial charge in [0.2, 0.25) is 0 Å². The van der Waals surface area contributed by atoms with Crippen molar-refractivity contribution in [1.29, 1.82) is 0 Å². The van der Waals surface area contributed by atoms with Gasteiger partial charge in [-0.05, 0) is 76.1 Å². The van der Waals surface area contributed by atoms with E-state index in [9.17, 15) is 19.5 Å². The molecule has 0 heterocycles. The Bertz CT molecular complexity index is 1180. The average Bonchev–Trinajstić information content (AvgIpc) is 2.83. The third-order valence-corrected chi connectivity index (χ3v) is 6.89. The molecule has 0 spiro atoms. The van der Waals surface area contributed by atoms with Crippen LogP contribution in [0.4, 0.5) is 0 Å². The van der Waals surface area contributed by atoms with E-state index in [0.717, 1.165) is 5.56 Å². The van der Waals surface area contributed by atoms with Crippen molar-refractivity contribution in [3.8, 4) is 5.75 Å². The number of nitrogens with one attached hydrogen (secondary N) is 1. The fraction of sp³-hybridized carbons (Fsp3) is 0.321. The van der Waals surface area contributed by atoms with E-state index in [1.807, 2.05) is 24.3 Å². The van der Waals surface area contributed by atoms with Crippen LogP contribution in [0.2, 0.25) is 5.02 Å². The molecule has 0 saturated carbocycles. The number of aryl methyl sites for hydroxylation is 1. The highest BCUT2D eigenvalue weighted by molar-refractivity contribution is 6.31. The summed E-state index contributed by atoms with van der Waals surface area (Å²) in [5, 5.41) is 13.4. The number of halogens is 1. The summed E-state index contributed by atoms with van der Waals surface area (Å²) in [6.07, 6.45) is 2.58. The Morgan fingerprint density at radius 1 is 0.912 bits per heavy atom. The Morgan fingerprint density at radius 3 is 2.26 bits per heavy atom. The molecule has 34 heavy (non-hydrogen) atoms. The van der Waals surface area contributed by atoms with E-state index in [1.165, 1.54) is 6.07 Å². The van der Waals surface area contributed by atoms with Gasteiger partial charge in [0.05, 0.1) is 5.56 Å². The minimum Gasteiger partial charge on any atom is -0.507 e. The van der Waals surface area contributed by atoms with Crippen LogP contribution >= 0.6 is 11.6 Å². The number of carbonyl (C=O) groups is 3. The molecule has 1 unspecified atom stereocenters. The molecule has 0 aromatic heterocycles. The standard InChI is InChI=1S/C28H30ClNO4/c1-17-18(2)27(33)25(19(3)26(17)32)21(15-14-20-9-4-6-12-23(20)29)10-8-16-30-28(34)22-11-5-7-13-24(22)31/h4-7,9,11-13,21,31H,8,10,14-16H2,1-3H3,(H,30,34). The number of hydrogen-bond donors (Lipinski definition) is 2. The van der Waals surface area contributed by atoms with Crippen LogP contribution in [0.25, 0.3) is 0 Å². The Morgan fingerprint density at radius 2 is 1.56 bits per heavy atom. The second-order valence-corrected chi connectivity index (χ2v) is 9.10. The molecule has 3 rings (SSSR count). The molecular formula is C28H30ClNO4. The van der Waals surface area contributed by atoms with Gasteiger partial charge in [-0.2, -0.15) is 0 Å². The van der Waals surface area contributed by atoms with Crippen LogP contribution in [-0.4, -0.2) is 29.1 Å². The molecule has 0 radical (unpaired) electrons. The number of rotatable bonds is 9. The summed E-state index contributed by atoms with van der Waals surface area (Å²) in [5.41, 5.74) is 3.31. The van der Waals surface area contributed by atoms with Gasteiger partial charge in [0.25, 0.3) is 5.91 Å². The minimum absolute atomic E-state index is 0.0673. The van der Waals surface area contributed by atoms with E-state index in [1.54, 1.807) is 39.0 Å². The van der Waals surface area contributed by atoms with E-state index < -0.39 is 0 Å². The molecule has 0 fully saturated rings. The average molecular weight is 480 g/mol. The lowest BCUT2D eigenvalue weighted by Crippen LogP contribution is -2.28. The highest BCUT2D eigenvalue weighted by Gasteiger charge is 2.32. The zero-order valence-electron chi connectivity index (χ0n) is 19.8. The van der Waals surface area contributed by atoms with Crippen molar-refractivity contribution in [1.82, 2.24) is 5.32 Å². The first-order chi connectivity index (χ1) is 16.2. The van der Waals surface area contributed by atoms with Crippen molar-refractivity contribution in [2.45, 2.75) is 46.5 Å². The van der Waals surface area contributed by atoms with Gasteiger partial charge in [0.1, 0.15) is 5.75 Å². The van der Waals surface area contributed by atoms with E-state index in [-0.39, 0.29) is 34.7 Å². The second-order valence-electron chi connectivity index (χ2n) is 8.69. The number of aromatic hydroxyl groups is 1. The van der Waals surface area contributed by atoms with Gasteiger partial charge in [-0.15, -0.1) is 0 Å². The number of phenolic OH excluding ortho intramolecular Hbond substituents is 1. The third-order valence-electron chi connectivity index (χ3n) is 6.52. The van der Waals surface area contributed by atoms with Crippen molar-refractivity contribution in [2.24, 2.45) is 5.92 Å². The molecule has 178 valence electrons. The number of para-hydroxylation sites is 1. The smallest absolute Gasteiger partial charge is 0.255 e. The van der Waals surface area contributed by atoms with E-state index in [2.05, 4.69) is 5.32 Å². The number of amides is 1. The van der Waals surface area contributed by atoms with Crippen molar-refractivity contribution in [2.75, 3.05) is 6.54 Å². The quantitative estimate of drug-likeness (QED) is 0.361. The van der Waals surface area contributed by atoms with Gasteiger partial charge in [-0.1, -0.05) is 41.9 Å². The topological polar surface area (TPSA) is 83.5 Å². The predicted molar refractivity (Wildman–Crippen MR) is 134 cm³/mol.